The van der Waals surface area contributed by atoms with Gasteiger partial charge in [0, 0.05) is 11.6 Å². The van der Waals surface area contributed by atoms with Crippen LogP contribution in [0.3, 0.4) is 0 Å². The molecule has 2 rings (SSSR count). The Labute approximate surface area is 119 Å². The van der Waals surface area contributed by atoms with Gasteiger partial charge in [-0.05, 0) is 38.5 Å². The second-order valence-electron chi connectivity index (χ2n) is 4.75. The van der Waals surface area contributed by atoms with Crippen LogP contribution in [0, 0.1) is 6.92 Å². The van der Waals surface area contributed by atoms with E-state index in [1.54, 1.807) is 12.3 Å². The van der Waals surface area contributed by atoms with Gasteiger partial charge in [0.2, 0.25) is 5.88 Å². The highest BCUT2D eigenvalue weighted by molar-refractivity contribution is 5.47. The Morgan fingerprint density at radius 3 is 2.70 bits per heavy atom. The van der Waals surface area contributed by atoms with Gasteiger partial charge in [-0.25, -0.2) is 4.98 Å². The van der Waals surface area contributed by atoms with Crippen LogP contribution in [0.1, 0.15) is 31.0 Å². The first-order valence-corrected chi connectivity index (χ1v) is 6.75. The number of benzene rings is 1. The number of nitrogens with one attached hydrogen (secondary N) is 1. The molecule has 0 aliphatic rings. The first kappa shape index (κ1) is 14.2. The molecular formula is C16H20N2O2. The van der Waals surface area contributed by atoms with Gasteiger partial charge in [-0.15, -0.1) is 0 Å². The molecule has 4 nitrogen and oxygen atoms in total. The number of ether oxygens (including phenoxy) is 1. The van der Waals surface area contributed by atoms with Crippen LogP contribution >= 0.6 is 0 Å². The van der Waals surface area contributed by atoms with Crippen molar-refractivity contribution in [2.75, 3.05) is 11.9 Å². The third-order valence-electron chi connectivity index (χ3n) is 3.06. The van der Waals surface area contributed by atoms with Gasteiger partial charge in [-0.3, -0.25) is 0 Å². The molecule has 0 spiro atoms. The van der Waals surface area contributed by atoms with Crippen molar-refractivity contribution in [2.24, 2.45) is 0 Å². The van der Waals surface area contributed by atoms with E-state index in [0.29, 0.717) is 18.2 Å². The van der Waals surface area contributed by atoms with E-state index in [1.165, 1.54) is 0 Å². The van der Waals surface area contributed by atoms with Gasteiger partial charge in [-0.2, -0.15) is 0 Å². The summed E-state index contributed by atoms with van der Waals surface area (Å²) in [6.07, 6.45) is 1.73. The fourth-order valence-corrected chi connectivity index (χ4v) is 2.05. The Balaban J connectivity index is 2.08. The molecule has 1 aromatic heterocycles. The van der Waals surface area contributed by atoms with Gasteiger partial charge in [0.25, 0.3) is 0 Å². The number of rotatable bonds is 5. The standard InChI is InChI=1S/C16H20N2O2/c1-4-20-16-8-6-13(10-17-16)18-12(3)14-7-5-11(2)9-15(14)19/h5-10,12,18-19H,4H2,1-3H3. The molecule has 1 unspecified atom stereocenters. The Morgan fingerprint density at radius 1 is 1.30 bits per heavy atom. The molecule has 0 amide bonds. The second-order valence-corrected chi connectivity index (χ2v) is 4.75. The number of aryl methyl sites for hydroxylation is 1. The Bertz CT molecular complexity index is 567. The smallest absolute Gasteiger partial charge is 0.213 e. The highest BCUT2D eigenvalue weighted by atomic mass is 16.5. The molecular weight excluding hydrogens is 252 g/mol. The first-order chi connectivity index (χ1) is 9.60. The number of pyridine rings is 1. The minimum absolute atomic E-state index is 0.00431. The zero-order chi connectivity index (χ0) is 14.5. The molecule has 1 atom stereocenters. The zero-order valence-corrected chi connectivity index (χ0v) is 12.1. The molecule has 20 heavy (non-hydrogen) atoms. The quantitative estimate of drug-likeness (QED) is 0.872. The van der Waals surface area contributed by atoms with Crippen molar-refractivity contribution >= 4 is 5.69 Å². The molecule has 2 N–H and O–H groups in total. The van der Waals surface area contributed by atoms with Gasteiger partial charge < -0.3 is 15.2 Å². The third kappa shape index (κ3) is 3.41. The van der Waals surface area contributed by atoms with Crippen molar-refractivity contribution in [3.8, 4) is 11.6 Å². The van der Waals surface area contributed by atoms with E-state index in [0.717, 1.165) is 16.8 Å². The number of hydrogen-bond donors (Lipinski definition) is 2. The average Bonchev–Trinajstić information content (AvgIpc) is 2.41. The summed E-state index contributed by atoms with van der Waals surface area (Å²) in [5, 5.41) is 13.3. The molecule has 1 aromatic carbocycles. The topological polar surface area (TPSA) is 54.4 Å². The lowest BCUT2D eigenvalue weighted by atomic mass is 10.0. The molecule has 0 saturated heterocycles. The van der Waals surface area contributed by atoms with Crippen molar-refractivity contribution in [3.63, 3.8) is 0 Å². The summed E-state index contributed by atoms with van der Waals surface area (Å²) in [5.41, 5.74) is 2.80. The van der Waals surface area contributed by atoms with E-state index in [4.69, 9.17) is 4.74 Å². The predicted octanol–water partition coefficient (Wildman–Crippen LogP) is 3.67. The minimum atomic E-state index is -0.00431. The number of phenols is 1. The molecule has 0 aliphatic heterocycles. The molecule has 0 fully saturated rings. The van der Waals surface area contributed by atoms with E-state index >= 15 is 0 Å². The van der Waals surface area contributed by atoms with Gasteiger partial charge in [-0.1, -0.05) is 12.1 Å². The number of aromatic nitrogens is 1. The number of phenolic OH excluding ortho intramolecular Hbond substituents is 1. The molecule has 0 aliphatic carbocycles. The summed E-state index contributed by atoms with van der Waals surface area (Å²) in [7, 11) is 0. The number of nitrogens with zero attached hydrogens (tertiary/aromatic N) is 1. The van der Waals surface area contributed by atoms with Gasteiger partial charge in [0.05, 0.1) is 24.5 Å². The summed E-state index contributed by atoms with van der Waals surface area (Å²) in [5.74, 6) is 0.924. The lowest BCUT2D eigenvalue weighted by molar-refractivity contribution is 0.327. The van der Waals surface area contributed by atoms with E-state index in [9.17, 15) is 5.11 Å². The van der Waals surface area contributed by atoms with E-state index < -0.39 is 0 Å². The summed E-state index contributed by atoms with van der Waals surface area (Å²) < 4.78 is 5.30. The van der Waals surface area contributed by atoms with Gasteiger partial charge >= 0.3 is 0 Å². The maximum absolute atomic E-state index is 9.98. The zero-order valence-electron chi connectivity index (χ0n) is 12.1. The van der Waals surface area contributed by atoms with E-state index in [1.807, 2.05) is 45.0 Å². The summed E-state index contributed by atoms with van der Waals surface area (Å²) in [4.78, 5) is 4.20. The van der Waals surface area contributed by atoms with Gasteiger partial charge in [0.1, 0.15) is 5.75 Å². The fraction of sp³-hybridized carbons (Fsp3) is 0.312. The SMILES string of the molecule is CCOc1ccc(NC(C)c2ccc(C)cc2O)cn1. The number of hydrogen-bond acceptors (Lipinski definition) is 4. The lowest BCUT2D eigenvalue weighted by Crippen LogP contribution is -2.07. The van der Waals surface area contributed by atoms with Gasteiger partial charge in [0.15, 0.2) is 0 Å². The van der Waals surface area contributed by atoms with Crippen LogP contribution in [-0.2, 0) is 0 Å². The molecule has 106 valence electrons. The summed E-state index contributed by atoms with van der Waals surface area (Å²) in [6, 6.07) is 9.43. The fourth-order valence-electron chi connectivity index (χ4n) is 2.05. The maximum atomic E-state index is 9.98. The summed E-state index contributed by atoms with van der Waals surface area (Å²) in [6.45, 7) is 6.49. The minimum Gasteiger partial charge on any atom is -0.508 e. The molecule has 2 aromatic rings. The second kappa shape index (κ2) is 6.28. The molecule has 0 saturated carbocycles. The highest BCUT2D eigenvalue weighted by Gasteiger charge is 2.10. The van der Waals surface area contributed by atoms with Crippen LogP contribution in [-0.4, -0.2) is 16.7 Å². The molecule has 4 heteroatoms. The number of aromatic hydroxyl groups is 1. The Kier molecular flexibility index (Phi) is 4.45. The highest BCUT2D eigenvalue weighted by Crippen LogP contribution is 2.27. The predicted molar refractivity (Wildman–Crippen MR) is 80.3 cm³/mol. The largest absolute Gasteiger partial charge is 0.508 e. The summed E-state index contributed by atoms with van der Waals surface area (Å²) >= 11 is 0. The third-order valence-corrected chi connectivity index (χ3v) is 3.06. The molecule has 0 radical (unpaired) electrons. The van der Waals surface area contributed by atoms with Crippen LogP contribution in [0.4, 0.5) is 5.69 Å². The van der Waals surface area contributed by atoms with E-state index in [-0.39, 0.29) is 6.04 Å². The Morgan fingerprint density at radius 2 is 2.10 bits per heavy atom. The number of anilines is 1. The van der Waals surface area contributed by atoms with Crippen LogP contribution in [0.15, 0.2) is 36.5 Å². The molecule has 1 heterocycles. The molecule has 0 bridgehead atoms. The lowest BCUT2D eigenvalue weighted by Gasteiger charge is -2.17. The monoisotopic (exact) mass is 272 g/mol. The van der Waals surface area contributed by atoms with Crippen molar-refractivity contribution in [1.29, 1.82) is 0 Å². The van der Waals surface area contributed by atoms with Crippen molar-refractivity contribution < 1.29 is 9.84 Å². The average molecular weight is 272 g/mol. The van der Waals surface area contributed by atoms with Crippen LogP contribution in [0.2, 0.25) is 0 Å². The Hall–Kier alpha value is -2.23. The van der Waals surface area contributed by atoms with Crippen molar-refractivity contribution in [3.05, 3.63) is 47.7 Å². The maximum Gasteiger partial charge on any atom is 0.213 e. The van der Waals surface area contributed by atoms with Crippen molar-refractivity contribution in [2.45, 2.75) is 26.8 Å². The van der Waals surface area contributed by atoms with Crippen LogP contribution in [0.25, 0.3) is 0 Å². The van der Waals surface area contributed by atoms with E-state index in [2.05, 4.69) is 10.3 Å². The van der Waals surface area contributed by atoms with Crippen molar-refractivity contribution in [1.82, 2.24) is 4.98 Å². The van der Waals surface area contributed by atoms with Crippen LogP contribution in [0.5, 0.6) is 11.6 Å². The first-order valence-electron chi connectivity index (χ1n) is 6.75. The normalized spacial score (nSPS) is 11.9. The van der Waals surface area contributed by atoms with Crippen LogP contribution < -0.4 is 10.1 Å².